The Labute approximate surface area is 200 Å². The fraction of sp³-hybridized carbons (Fsp3) is 0.385. The molecule has 2 aromatic carbocycles. The highest BCUT2D eigenvalue weighted by molar-refractivity contribution is 7.14. The molecule has 33 heavy (non-hydrogen) atoms. The lowest BCUT2D eigenvalue weighted by Gasteiger charge is -2.32. The molecule has 1 fully saturated rings. The molecule has 0 radical (unpaired) electrons. The van der Waals surface area contributed by atoms with Crippen LogP contribution in [0.2, 0.25) is 0 Å². The molecule has 0 spiro atoms. The third kappa shape index (κ3) is 5.61. The molecular weight excluding hydrogens is 432 g/mol. The highest BCUT2D eigenvalue weighted by Gasteiger charge is 2.26. The monoisotopic (exact) mass is 464 g/mol. The second-order valence-corrected chi connectivity index (χ2v) is 9.98. The van der Waals surface area contributed by atoms with Gasteiger partial charge in [0, 0.05) is 49.1 Å². The minimum atomic E-state index is -0.281. The molecule has 0 saturated carbocycles. The van der Waals surface area contributed by atoms with Crippen molar-refractivity contribution < 1.29 is 9.53 Å². The number of hydrogen-bond acceptors (Lipinski definition) is 6. The molecule has 174 valence electrons. The van der Waals surface area contributed by atoms with Gasteiger partial charge in [-0.05, 0) is 42.4 Å². The van der Waals surface area contributed by atoms with Crippen LogP contribution >= 0.6 is 11.3 Å². The predicted molar refractivity (Wildman–Crippen MR) is 134 cm³/mol. The van der Waals surface area contributed by atoms with E-state index in [0.717, 1.165) is 49.7 Å². The fourth-order valence-corrected chi connectivity index (χ4v) is 4.84. The number of nitrogens with zero attached hydrogens (tertiary/aromatic N) is 3. The second kappa shape index (κ2) is 10.0. The first-order valence-electron chi connectivity index (χ1n) is 11.3. The first kappa shape index (κ1) is 23.4. The van der Waals surface area contributed by atoms with Gasteiger partial charge in [-0.2, -0.15) is 0 Å². The predicted octanol–water partition coefficient (Wildman–Crippen LogP) is 4.48. The summed E-state index contributed by atoms with van der Waals surface area (Å²) in [7, 11) is 3.83. The molecule has 7 heteroatoms. The van der Waals surface area contributed by atoms with Crippen LogP contribution in [0.1, 0.15) is 41.0 Å². The number of likely N-dealkylation sites (N-methyl/N-ethyl adjacent to an activating group) is 1. The summed E-state index contributed by atoms with van der Waals surface area (Å²) < 4.78 is 5.26. The van der Waals surface area contributed by atoms with Crippen molar-refractivity contribution in [1.29, 1.82) is 0 Å². The van der Waals surface area contributed by atoms with Gasteiger partial charge in [-0.25, -0.2) is 4.98 Å². The second-order valence-electron chi connectivity index (χ2n) is 9.12. The van der Waals surface area contributed by atoms with Crippen LogP contribution < -0.4 is 10.1 Å². The van der Waals surface area contributed by atoms with Gasteiger partial charge in [0.2, 0.25) is 0 Å². The summed E-state index contributed by atoms with van der Waals surface area (Å²) in [5, 5.41) is 5.58. The zero-order chi connectivity index (χ0) is 23.4. The summed E-state index contributed by atoms with van der Waals surface area (Å²) in [6.07, 6.45) is 0. The summed E-state index contributed by atoms with van der Waals surface area (Å²) in [4.78, 5) is 22.3. The van der Waals surface area contributed by atoms with Gasteiger partial charge >= 0.3 is 0 Å². The number of carbonyl (C=O) groups is 1. The van der Waals surface area contributed by atoms with E-state index >= 15 is 0 Å². The number of anilines is 1. The molecule has 1 N–H and O–H groups in total. The van der Waals surface area contributed by atoms with E-state index in [1.54, 1.807) is 7.11 Å². The average Bonchev–Trinajstić information content (AvgIpc) is 3.30. The van der Waals surface area contributed by atoms with Crippen molar-refractivity contribution in [3.8, 4) is 5.75 Å². The quantitative estimate of drug-likeness (QED) is 0.559. The topological polar surface area (TPSA) is 57.7 Å². The van der Waals surface area contributed by atoms with Gasteiger partial charge in [0.1, 0.15) is 5.75 Å². The van der Waals surface area contributed by atoms with Gasteiger partial charge < -0.3 is 9.64 Å². The van der Waals surface area contributed by atoms with Crippen LogP contribution in [0.4, 0.5) is 5.13 Å². The van der Waals surface area contributed by atoms with Crippen LogP contribution in [-0.2, 0) is 12.0 Å². The van der Waals surface area contributed by atoms with Crippen molar-refractivity contribution in [2.45, 2.75) is 25.8 Å². The van der Waals surface area contributed by atoms with E-state index in [0.29, 0.717) is 10.7 Å². The number of nitrogens with one attached hydrogen (secondary N) is 1. The molecule has 4 rings (SSSR count). The van der Waals surface area contributed by atoms with E-state index < -0.39 is 0 Å². The van der Waals surface area contributed by atoms with E-state index in [1.165, 1.54) is 16.9 Å². The number of rotatable bonds is 7. The normalized spacial score (nSPS) is 15.4. The molecule has 0 bridgehead atoms. The lowest BCUT2D eigenvalue weighted by Crippen LogP contribution is -2.43. The molecule has 1 aliphatic rings. The molecule has 1 amide bonds. The molecule has 6 nitrogen and oxygen atoms in total. The molecule has 2 heterocycles. The maximum absolute atomic E-state index is 12.8. The van der Waals surface area contributed by atoms with Crippen LogP contribution in [-0.4, -0.2) is 61.0 Å². The number of carbonyl (C=O) groups excluding carboxylic acids is 1. The Hall–Kier alpha value is -2.74. The van der Waals surface area contributed by atoms with Crippen LogP contribution in [0.25, 0.3) is 0 Å². The number of thiazole rings is 1. The lowest BCUT2D eigenvalue weighted by atomic mass is 9.82. The number of amides is 1. The van der Waals surface area contributed by atoms with E-state index in [9.17, 15) is 4.79 Å². The van der Waals surface area contributed by atoms with Crippen molar-refractivity contribution in [3.63, 3.8) is 0 Å². The largest absolute Gasteiger partial charge is 0.497 e. The van der Waals surface area contributed by atoms with Crippen LogP contribution in [0, 0.1) is 0 Å². The Morgan fingerprint density at radius 3 is 2.36 bits per heavy atom. The number of aromatic nitrogens is 1. The highest BCUT2D eigenvalue weighted by Crippen LogP contribution is 2.34. The minimum absolute atomic E-state index is 0.135. The van der Waals surface area contributed by atoms with E-state index in [1.807, 2.05) is 41.8 Å². The zero-order valence-corrected chi connectivity index (χ0v) is 20.6. The van der Waals surface area contributed by atoms with Crippen molar-refractivity contribution >= 4 is 22.4 Å². The van der Waals surface area contributed by atoms with E-state index in [2.05, 4.69) is 48.1 Å². The molecule has 0 unspecified atom stereocenters. The molecule has 1 aromatic heterocycles. The summed E-state index contributed by atoms with van der Waals surface area (Å²) >= 11 is 1.45. The lowest BCUT2D eigenvalue weighted by molar-refractivity contribution is 0.102. The van der Waals surface area contributed by atoms with Gasteiger partial charge in [0.15, 0.2) is 5.13 Å². The Balaban J connectivity index is 1.37. The molecular formula is C26H32N4O2S. The number of methoxy groups -OCH3 is 1. The number of piperazine rings is 1. The number of hydrogen-bond donors (Lipinski definition) is 1. The highest BCUT2D eigenvalue weighted by atomic mass is 32.1. The SMILES string of the molecule is COc1ccc(C(C)(C)c2csc(NC(=O)c3ccc(CN4CCN(C)CC4)cc3)n2)cc1. The molecule has 1 aliphatic heterocycles. The standard InChI is InChI=1S/C26H32N4O2S/c1-26(2,21-9-11-22(32-4)12-10-21)23-18-33-25(27-23)28-24(31)20-7-5-19(6-8-20)17-30-15-13-29(3)14-16-30/h5-12,18H,13-17H2,1-4H3,(H,27,28,31). The summed E-state index contributed by atoms with van der Waals surface area (Å²) in [5.41, 5.74) is 3.66. The van der Waals surface area contributed by atoms with E-state index in [-0.39, 0.29) is 11.3 Å². The molecule has 0 aliphatic carbocycles. The van der Waals surface area contributed by atoms with Gasteiger partial charge in [-0.3, -0.25) is 15.0 Å². The fourth-order valence-electron chi connectivity index (χ4n) is 3.97. The van der Waals surface area contributed by atoms with Gasteiger partial charge in [-0.1, -0.05) is 38.1 Å². The third-order valence-corrected chi connectivity index (χ3v) is 7.15. The maximum atomic E-state index is 12.8. The van der Waals surface area contributed by atoms with Crippen LogP contribution in [0.15, 0.2) is 53.9 Å². The van der Waals surface area contributed by atoms with E-state index in [4.69, 9.17) is 9.72 Å². The van der Waals surface area contributed by atoms with Gasteiger partial charge in [0.05, 0.1) is 12.8 Å². The minimum Gasteiger partial charge on any atom is -0.497 e. The van der Waals surface area contributed by atoms with Crippen molar-refractivity contribution in [1.82, 2.24) is 14.8 Å². The molecule has 3 aromatic rings. The van der Waals surface area contributed by atoms with Gasteiger partial charge in [0.25, 0.3) is 5.91 Å². The summed E-state index contributed by atoms with van der Waals surface area (Å²) in [6.45, 7) is 9.56. The molecule has 1 saturated heterocycles. The van der Waals surface area contributed by atoms with Crippen LogP contribution in [0.5, 0.6) is 5.75 Å². The Morgan fingerprint density at radius 2 is 1.73 bits per heavy atom. The molecule has 0 atom stereocenters. The first-order valence-corrected chi connectivity index (χ1v) is 12.1. The average molecular weight is 465 g/mol. The van der Waals surface area contributed by atoms with Crippen LogP contribution in [0.3, 0.4) is 0 Å². The Kier molecular flexibility index (Phi) is 7.12. The van der Waals surface area contributed by atoms with Crippen molar-refractivity contribution in [3.05, 3.63) is 76.3 Å². The third-order valence-electron chi connectivity index (χ3n) is 6.39. The Bertz CT molecular complexity index is 1070. The number of benzene rings is 2. The summed E-state index contributed by atoms with van der Waals surface area (Å²) in [6, 6.07) is 15.9. The first-order chi connectivity index (χ1) is 15.8. The summed E-state index contributed by atoms with van der Waals surface area (Å²) in [5.74, 6) is 0.694. The Morgan fingerprint density at radius 1 is 1.06 bits per heavy atom. The zero-order valence-electron chi connectivity index (χ0n) is 19.8. The van der Waals surface area contributed by atoms with Crippen molar-refractivity contribution in [2.24, 2.45) is 0 Å². The number of ether oxygens (including phenoxy) is 1. The van der Waals surface area contributed by atoms with Gasteiger partial charge in [-0.15, -0.1) is 11.3 Å². The van der Waals surface area contributed by atoms with Crippen molar-refractivity contribution in [2.75, 3.05) is 45.7 Å². The smallest absolute Gasteiger partial charge is 0.257 e. The maximum Gasteiger partial charge on any atom is 0.257 e.